The average molecular weight is 310 g/mol. The summed E-state index contributed by atoms with van der Waals surface area (Å²) >= 11 is 0. The quantitative estimate of drug-likeness (QED) is 0.811. The maximum absolute atomic E-state index is 12.6. The Morgan fingerprint density at radius 2 is 1.96 bits per heavy atom. The summed E-state index contributed by atoms with van der Waals surface area (Å²) in [5.41, 5.74) is 2.69. The molecule has 1 heterocycles. The Morgan fingerprint density at radius 1 is 1.13 bits per heavy atom. The third-order valence-electron chi connectivity index (χ3n) is 4.52. The van der Waals surface area contributed by atoms with Crippen LogP contribution in [0.4, 0.5) is 0 Å². The van der Waals surface area contributed by atoms with Gasteiger partial charge in [0.25, 0.3) is 0 Å². The number of carbonyl (C=O) groups is 1. The van der Waals surface area contributed by atoms with E-state index in [1.165, 1.54) is 0 Å². The molecule has 1 saturated carbocycles. The fraction of sp³-hybridized carbons (Fsp3) is 0.316. The fourth-order valence-corrected chi connectivity index (χ4v) is 3.00. The van der Waals surface area contributed by atoms with Crippen molar-refractivity contribution < 1.29 is 19.0 Å². The Kier molecular flexibility index (Phi) is 3.26. The highest BCUT2D eigenvalue weighted by Gasteiger charge is 2.52. The van der Waals surface area contributed by atoms with Crippen LogP contribution in [-0.4, -0.2) is 12.8 Å². The van der Waals surface area contributed by atoms with Crippen LogP contribution in [0.3, 0.4) is 0 Å². The predicted octanol–water partition coefficient (Wildman–Crippen LogP) is 3.50. The molecule has 0 bridgehead atoms. The molecule has 2 aliphatic rings. The first-order valence-electron chi connectivity index (χ1n) is 7.80. The molecular formula is C19H18O4. The minimum absolute atomic E-state index is 0.138. The smallest absolute Gasteiger partial charge is 0.316 e. The number of esters is 1. The zero-order valence-corrected chi connectivity index (χ0v) is 13.0. The Labute approximate surface area is 135 Å². The monoisotopic (exact) mass is 310 g/mol. The van der Waals surface area contributed by atoms with Crippen molar-refractivity contribution in [2.75, 3.05) is 6.79 Å². The van der Waals surface area contributed by atoms with E-state index < -0.39 is 5.41 Å². The maximum atomic E-state index is 12.6. The van der Waals surface area contributed by atoms with Gasteiger partial charge in [-0.1, -0.05) is 35.9 Å². The van der Waals surface area contributed by atoms with E-state index in [9.17, 15) is 4.79 Å². The van der Waals surface area contributed by atoms with Crippen LogP contribution < -0.4 is 9.47 Å². The van der Waals surface area contributed by atoms with E-state index in [0.717, 1.165) is 35.3 Å². The van der Waals surface area contributed by atoms with Crippen molar-refractivity contribution in [2.45, 2.75) is 31.8 Å². The highest BCUT2D eigenvalue weighted by Crippen LogP contribution is 2.49. The summed E-state index contributed by atoms with van der Waals surface area (Å²) < 4.78 is 16.2. The van der Waals surface area contributed by atoms with Crippen LogP contribution in [0.5, 0.6) is 11.5 Å². The Bertz CT molecular complexity index is 762. The first-order chi connectivity index (χ1) is 11.2. The number of benzene rings is 2. The molecule has 1 aliphatic heterocycles. The number of fused-ring (bicyclic) bond motifs is 1. The molecule has 1 fully saturated rings. The highest BCUT2D eigenvalue weighted by atomic mass is 16.7. The normalized spacial score (nSPS) is 16.9. The standard InChI is InChI=1S/C19H18O4/c1-13-3-2-4-15(9-13)19(7-8-19)18(20)21-11-14-5-6-16-17(10-14)23-12-22-16/h2-6,9-10H,7-8,11-12H2,1H3. The van der Waals surface area contributed by atoms with Gasteiger partial charge in [-0.25, -0.2) is 0 Å². The van der Waals surface area contributed by atoms with Crippen molar-refractivity contribution in [1.29, 1.82) is 0 Å². The number of carbonyl (C=O) groups excluding carboxylic acids is 1. The summed E-state index contributed by atoms with van der Waals surface area (Å²) in [5, 5.41) is 0. The molecule has 4 heteroatoms. The van der Waals surface area contributed by atoms with Gasteiger partial charge >= 0.3 is 5.97 Å². The molecule has 0 spiro atoms. The van der Waals surface area contributed by atoms with E-state index >= 15 is 0 Å². The molecule has 2 aromatic carbocycles. The van der Waals surface area contributed by atoms with Crippen LogP contribution in [0.25, 0.3) is 0 Å². The van der Waals surface area contributed by atoms with Gasteiger partial charge < -0.3 is 14.2 Å². The molecule has 0 unspecified atom stereocenters. The van der Waals surface area contributed by atoms with Crippen LogP contribution >= 0.6 is 0 Å². The molecule has 4 rings (SSSR count). The summed E-state index contributed by atoms with van der Waals surface area (Å²) in [4.78, 5) is 12.6. The fourth-order valence-electron chi connectivity index (χ4n) is 3.00. The summed E-state index contributed by atoms with van der Waals surface area (Å²) in [5.74, 6) is 1.30. The van der Waals surface area contributed by atoms with Crippen LogP contribution in [-0.2, 0) is 21.6 Å². The van der Waals surface area contributed by atoms with E-state index in [2.05, 4.69) is 6.07 Å². The highest BCUT2D eigenvalue weighted by molar-refractivity contribution is 5.86. The van der Waals surface area contributed by atoms with Crippen molar-refractivity contribution in [3.05, 3.63) is 59.2 Å². The number of hydrogen-bond acceptors (Lipinski definition) is 4. The van der Waals surface area contributed by atoms with Crippen LogP contribution in [0, 0.1) is 6.92 Å². The summed E-state index contributed by atoms with van der Waals surface area (Å²) in [6.45, 7) is 2.54. The van der Waals surface area contributed by atoms with Gasteiger partial charge in [0.15, 0.2) is 11.5 Å². The molecule has 1 aliphatic carbocycles. The van der Waals surface area contributed by atoms with Crippen LogP contribution in [0.2, 0.25) is 0 Å². The summed E-state index contributed by atoms with van der Waals surface area (Å²) in [7, 11) is 0. The summed E-state index contributed by atoms with van der Waals surface area (Å²) in [6.07, 6.45) is 1.72. The second-order valence-corrected chi connectivity index (χ2v) is 6.22. The Hall–Kier alpha value is -2.49. The molecule has 0 saturated heterocycles. The lowest BCUT2D eigenvalue weighted by Crippen LogP contribution is -2.23. The summed E-state index contributed by atoms with van der Waals surface area (Å²) in [6, 6.07) is 13.7. The van der Waals surface area contributed by atoms with E-state index in [4.69, 9.17) is 14.2 Å². The van der Waals surface area contributed by atoms with Crippen LogP contribution in [0.15, 0.2) is 42.5 Å². The maximum Gasteiger partial charge on any atom is 0.316 e. The number of rotatable bonds is 4. The predicted molar refractivity (Wildman–Crippen MR) is 84.5 cm³/mol. The molecule has 0 amide bonds. The van der Waals surface area contributed by atoms with Gasteiger partial charge in [0.2, 0.25) is 6.79 Å². The van der Waals surface area contributed by atoms with Crippen molar-refractivity contribution >= 4 is 5.97 Å². The average Bonchev–Trinajstić information content (AvgIpc) is 3.24. The Balaban J connectivity index is 1.46. The second kappa shape index (κ2) is 5.30. The zero-order chi connectivity index (χ0) is 15.9. The van der Waals surface area contributed by atoms with Gasteiger partial charge in [-0.2, -0.15) is 0 Å². The van der Waals surface area contributed by atoms with Gasteiger partial charge in [-0.3, -0.25) is 4.79 Å². The lowest BCUT2D eigenvalue weighted by molar-refractivity contribution is -0.148. The molecule has 0 N–H and O–H groups in total. The lowest BCUT2D eigenvalue weighted by atomic mass is 9.95. The van der Waals surface area contributed by atoms with Gasteiger partial charge in [0, 0.05) is 0 Å². The number of aryl methyl sites for hydroxylation is 1. The molecule has 2 aromatic rings. The molecule has 0 radical (unpaired) electrons. The van der Waals surface area contributed by atoms with Gasteiger partial charge in [0.05, 0.1) is 5.41 Å². The largest absolute Gasteiger partial charge is 0.460 e. The first kappa shape index (κ1) is 14.1. The Morgan fingerprint density at radius 3 is 2.74 bits per heavy atom. The molecular weight excluding hydrogens is 292 g/mol. The first-order valence-corrected chi connectivity index (χ1v) is 7.80. The molecule has 118 valence electrons. The van der Waals surface area contributed by atoms with Crippen molar-refractivity contribution in [1.82, 2.24) is 0 Å². The number of ether oxygens (including phenoxy) is 3. The van der Waals surface area contributed by atoms with Gasteiger partial charge in [-0.05, 0) is 43.0 Å². The molecule has 0 atom stereocenters. The zero-order valence-electron chi connectivity index (χ0n) is 13.0. The second-order valence-electron chi connectivity index (χ2n) is 6.22. The third-order valence-corrected chi connectivity index (χ3v) is 4.52. The van der Waals surface area contributed by atoms with Gasteiger partial charge in [-0.15, -0.1) is 0 Å². The SMILES string of the molecule is Cc1cccc(C2(C(=O)OCc3ccc4c(c3)OCO4)CC2)c1. The van der Waals surface area contributed by atoms with Gasteiger partial charge in [0.1, 0.15) is 6.61 Å². The van der Waals surface area contributed by atoms with Crippen LogP contribution in [0.1, 0.15) is 29.5 Å². The van der Waals surface area contributed by atoms with Crippen molar-refractivity contribution in [3.63, 3.8) is 0 Å². The minimum atomic E-state index is -0.442. The topological polar surface area (TPSA) is 44.8 Å². The molecule has 23 heavy (non-hydrogen) atoms. The van der Waals surface area contributed by atoms with E-state index in [1.54, 1.807) is 0 Å². The third kappa shape index (κ3) is 2.54. The lowest BCUT2D eigenvalue weighted by Gasteiger charge is -2.15. The van der Waals surface area contributed by atoms with Crippen molar-refractivity contribution in [3.8, 4) is 11.5 Å². The van der Waals surface area contributed by atoms with Crippen molar-refractivity contribution in [2.24, 2.45) is 0 Å². The van der Waals surface area contributed by atoms with E-state index in [1.807, 2.05) is 43.3 Å². The van der Waals surface area contributed by atoms with E-state index in [-0.39, 0.29) is 19.4 Å². The molecule has 0 aromatic heterocycles. The number of hydrogen-bond donors (Lipinski definition) is 0. The minimum Gasteiger partial charge on any atom is -0.460 e. The molecule has 4 nitrogen and oxygen atoms in total. The van der Waals surface area contributed by atoms with E-state index in [0.29, 0.717) is 5.75 Å².